The van der Waals surface area contributed by atoms with E-state index in [9.17, 15) is 9.59 Å². The Hall–Kier alpha value is -2.04. The minimum absolute atomic E-state index is 0.0572. The lowest BCUT2D eigenvalue weighted by molar-refractivity contribution is -0.123. The SMILES string of the molecule is CCc1cc(N)ccc1N1C[C@@H](C(N)=O)CC1=O. The van der Waals surface area contributed by atoms with E-state index in [4.69, 9.17) is 11.5 Å². The Balaban J connectivity index is 2.32. The molecule has 5 heteroatoms. The summed E-state index contributed by atoms with van der Waals surface area (Å²) in [7, 11) is 0. The molecule has 1 aliphatic heterocycles. The summed E-state index contributed by atoms with van der Waals surface area (Å²) in [6, 6.07) is 5.45. The van der Waals surface area contributed by atoms with Gasteiger partial charge in [0.15, 0.2) is 0 Å². The number of benzene rings is 1. The quantitative estimate of drug-likeness (QED) is 0.769. The largest absolute Gasteiger partial charge is 0.399 e. The van der Waals surface area contributed by atoms with Crippen molar-refractivity contribution in [2.24, 2.45) is 11.7 Å². The second-order valence-electron chi connectivity index (χ2n) is 4.55. The predicted molar refractivity (Wildman–Crippen MR) is 69.9 cm³/mol. The van der Waals surface area contributed by atoms with Gasteiger partial charge in [0, 0.05) is 24.3 Å². The van der Waals surface area contributed by atoms with Gasteiger partial charge in [0.1, 0.15) is 0 Å². The number of carbonyl (C=O) groups is 2. The molecule has 2 rings (SSSR count). The molecular weight excluding hydrogens is 230 g/mol. The lowest BCUT2D eigenvalue weighted by atomic mass is 10.1. The zero-order valence-corrected chi connectivity index (χ0v) is 10.3. The molecule has 0 saturated carbocycles. The highest BCUT2D eigenvalue weighted by molar-refractivity contribution is 6.00. The zero-order chi connectivity index (χ0) is 13.3. The van der Waals surface area contributed by atoms with E-state index in [0.29, 0.717) is 12.2 Å². The highest BCUT2D eigenvalue weighted by atomic mass is 16.2. The summed E-state index contributed by atoms with van der Waals surface area (Å²) in [6.07, 6.45) is 0.980. The summed E-state index contributed by atoms with van der Waals surface area (Å²) in [5.41, 5.74) is 13.5. The molecule has 1 aliphatic rings. The van der Waals surface area contributed by atoms with Gasteiger partial charge in [-0.25, -0.2) is 0 Å². The van der Waals surface area contributed by atoms with Gasteiger partial charge in [0.25, 0.3) is 0 Å². The van der Waals surface area contributed by atoms with Crippen LogP contribution >= 0.6 is 0 Å². The first-order chi connectivity index (χ1) is 8.52. The van der Waals surface area contributed by atoms with Gasteiger partial charge in [-0.3, -0.25) is 9.59 Å². The van der Waals surface area contributed by atoms with Crippen molar-refractivity contribution in [2.75, 3.05) is 17.2 Å². The minimum atomic E-state index is -0.417. The molecule has 2 amide bonds. The van der Waals surface area contributed by atoms with Gasteiger partial charge in [0.2, 0.25) is 11.8 Å². The molecule has 1 aromatic carbocycles. The van der Waals surface area contributed by atoms with Crippen LogP contribution in [-0.4, -0.2) is 18.4 Å². The fourth-order valence-corrected chi connectivity index (χ4v) is 2.28. The summed E-state index contributed by atoms with van der Waals surface area (Å²) >= 11 is 0. The molecular formula is C13H17N3O2. The Morgan fingerprint density at radius 1 is 1.50 bits per heavy atom. The molecule has 4 N–H and O–H groups in total. The van der Waals surface area contributed by atoms with E-state index in [1.807, 2.05) is 19.1 Å². The van der Waals surface area contributed by atoms with Gasteiger partial charge in [0.05, 0.1) is 5.92 Å². The second-order valence-corrected chi connectivity index (χ2v) is 4.55. The van der Waals surface area contributed by atoms with Gasteiger partial charge in [-0.05, 0) is 30.2 Å². The average molecular weight is 247 g/mol. The number of rotatable bonds is 3. The molecule has 18 heavy (non-hydrogen) atoms. The summed E-state index contributed by atoms with van der Waals surface area (Å²) < 4.78 is 0. The smallest absolute Gasteiger partial charge is 0.227 e. The Labute approximate surface area is 106 Å². The lowest BCUT2D eigenvalue weighted by Gasteiger charge is -2.20. The van der Waals surface area contributed by atoms with Crippen molar-refractivity contribution in [3.8, 4) is 0 Å². The third-order valence-electron chi connectivity index (χ3n) is 3.30. The molecule has 0 unspecified atom stereocenters. The molecule has 1 heterocycles. The molecule has 1 atom stereocenters. The van der Waals surface area contributed by atoms with Crippen LogP contribution < -0.4 is 16.4 Å². The fraction of sp³-hybridized carbons (Fsp3) is 0.385. The van der Waals surface area contributed by atoms with E-state index >= 15 is 0 Å². The molecule has 0 spiro atoms. The normalized spacial score (nSPS) is 19.3. The van der Waals surface area contributed by atoms with E-state index in [0.717, 1.165) is 17.7 Å². The van der Waals surface area contributed by atoms with Crippen molar-refractivity contribution in [1.29, 1.82) is 0 Å². The number of nitrogens with zero attached hydrogens (tertiary/aromatic N) is 1. The van der Waals surface area contributed by atoms with Crippen LogP contribution in [0.1, 0.15) is 18.9 Å². The number of anilines is 2. The van der Waals surface area contributed by atoms with E-state index < -0.39 is 5.91 Å². The Bertz CT molecular complexity index is 499. The minimum Gasteiger partial charge on any atom is -0.399 e. The van der Waals surface area contributed by atoms with Crippen LogP contribution in [0.15, 0.2) is 18.2 Å². The van der Waals surface area contributed by atoms with Crippen LogP contribution in [0.3, 0.4) is 0 Å². The van der Waals surface area contributed by atoms with Crippen LogP contribution in [0.5, 0.6) is 0 Å². The van der Waals surface area contributed by atoms with Crippen molar-refractivity contribution in [3.63, 3.8) is 0 Å². The number of primary amides is 1. The van der Waals surface area contributed by atoms with Crippen molar-refractivity contribution >= 4 is 23.2 Å². The number of amides is 2. The van der Waals surface area contributed by atoms with Crippen LogP contribution in [0.4, 0.5) is 11.4 Å². The first-order valence-corrected chi connectivity index (χ1v) is 6.01. The number of nitrogen functional groups attached to an aromatic ring is 1. The summed E-state index contributed by atoms with van der Waals surface area (Å²) in [4.78, 5) is 24.7. The van der Waals surface area contributed by atoms with Gasteiger partial charge >= 0.3 is 0 Å². The Morgan fingerprint density at radius 2 is 2.22 bits per heavy atom. The van der Waals surface area contributed by atoms with Crippen LogP contribution in [0, 0.1) is 5.92 Å². The second kappa shape index (κ2) is 4.68. The van der Waals surface area contributed by atoms with Gasteiger partial charge in [-0.2, -0.15) is 0 Å². The van der Waals surface area contributed by atoms with Crippen molar-refractivity contribution in [3.05, 3.63) is 23.8 Å². The highest BCUT2D eigenvalue weighted by Crippen LogP contribution is 2.29. The van der Waals surface area contributed by atoms with Crippen LogP contribution in [0.2, 0.25) is 0 Å². The van der Waals surface area contributed by atoms with Crippen molar-refractivity contribution in [1.82, 2.24) is 0 Å². The molecule has 0 aliphatic carbocycles. The Kier molecular flexibility index (Phi) is 3.23. The summed E-state index contributed by atoms with van der Waals surface area (Å²) in [5, 5.41) is 0. The van der Waals surface area contributed by atoms with E-state index in [1.165, 1.54) is 0 Å². The predicted octanol–water partition coefficient (Wildman–Crippen LogP) is 0.669. The molecule has 1 fully saturated rings. The molecule has 1 aromatic rings. The average Bonchev–Trinajstić information content (AvgIpc) is 2.71. The van der Waals surface area contributed by atoms with Gasteiger partial charge in [-0.1, -0.05) is 6.92 Å². The number of carbonyl (C=O) groups excluding carboxylic acids is 2. The summed E-state index contributed by atoms with van der Waals surface area (Å²) in [5.74, 6) is -0.864. The highest BCUT2D eigenvalue weighted by Gasteiger charge is 2.34. The summed E-state index contributed by atoms with van der Waals surface area (Å²) in [6.45, 7) is 2.37. The molecule has 0 bridgehead atoms. The van der Waals surface area contributed by atoms with E-state index in [1.54, 1.807) is 11.0 Å². The molecule has 5 nitrogen and oxygen atoms in total. The Morgan fingerprint density at radius 3 is 2.78 bits per heavy atom. The number of hydrogen-bond donors (Lipinski definition) is 2. The number of nitrogens with two attached hydrogens (primary N) is 2. The third-order valence-corrected chi connectivity index (χ3v) is 3.30. The van der Waals surface area contributed by atoms with Gasteiger partial charge < -0.3 is 16.4 Å². The number of aryl methyl sites for hydroxylation is 1. The van der Waals surface area contributed by atoms with E-state index in [-0.39, 0.29) is 18.2 Å². The number of hydrogen-bond acceptors (Lipinski definition) is 3. The third kappa shape index (κ3) is 2.16. The standard InChI is InChI=1S/C13H17N3O2/c1-2-8-5-10(14)3-4-11(8)16-7-9(13(15)18)6-12(16)17/h3-5,9H,2,6-7,14H2,1H3,(H2,15,18)/t9-/m0/s1. The molecule has 0 aromatic heterocycles. The zero-order valence-electron chi connectivity index (χ0n) is 10.3. The molecule has 96 valence electrons. The van der Waals surface area contributed by atoms with Crippen molar-refractivity contribution < 1.29 is 9.59 Å². The molecule has 0 radical (unpaired) electrons. The maximum absolute atomic E-state index is 11.9. The van der Waals surface area contributed by atoms with Crippen LogP contribution in [0.25, 0.3) is 0 Å². The maximum Gasteiger partial charge on any atom is 0.227 e. The lowest BCUT2D eigenvalue weighted by Crippen LogP contribution is -2.29. The molecule has 1 saturated heterocycles. The first-order valence-electron chi connectivity index (χ1n) is 6.01. The monoisotopic (exact) mass is 247 g/mol. The van der Waals surface area contributed by atoms with Crippen molar-refractivity contribution in [2.45, 2.75) is 19.8 Å². The van der Waals surface area contributed by atoms with Gasteiger partial charge in [-0.15, -0.1) is 0 Å². The first kappa shape index (κ1) is 12.4. The topological polar surface area (TPSA) is 89.4 Å². The van der Waals surface area contributed by atoms with Crippen LogP contribution in [-0.2, 0) is 16.0 Å². The maximum atomic E-state index is 11.9. The fourth-order valence-electron chi connectivity index (χ4n) is 2.28. The van der Waals surface area contributed by atoms with E-state index in [2.05, 4.69) is 0 Å².